The highest BCUT2D eigenvalue weighted by molar-refractivity contribution is 5.75. The number of anilines is 1. The van der Waals surface area contributed by atoms with E-state index in [1.165, 1.54) is 12.3 Å². The summed E-state index contributed by atoms with van der Waals surface area (Å²) >= 11 is 0. The number of nitrogens with zero attached hydrogens (tertiary/aromatic N) is 2. The van der Waals surface area contributed by atoms with Crippen LogP contribution in [0.4, 0.5) is 18.9 Å². The molecule has 3 rings (SSSR count). The first-order valence-electron chi connectivity index (χ1n) is 5.22. The van der Waals surface area contributed by atoms with Gasteiger partial charge >= 0.3 is 0 Å². The first-order chi connectivity index (χ1) is 9.06. The summed E-state index contributed by atoms with van der Waals surface area (Å²) in [6.07, 6.45) is 1.35. The largest absolute Gasteiger partial charge is 0.418 e. The number of aromatic nitrogens is 2. The smallest absolute Gasteiger partial charge is 0.247 e. The SMILES string of the molecule is Nc1cnc2oc(-c3ccc(F)c(F)c3F)nc2c1. The molecule has 2 heterocycles. The number of rotatable bonds is 1. The van der Waals surface area contributed by atoms with Gasteiger partial charge in [0.15, 0.2) is 17.5 Å². The van der Waals surface area contributed by atoms with E-state index in [1.54, 1.807) is 0 Å². The third kappa shape index (κ3) is 1.79. The van der Waals surface area contributed by atoms with Crippen molar-refractivity contribution in [3.8, 4) is 11.5 Å². The summed E-state index contributed by atoms with van der Waals surface area (Å²) in [4.78, 5) is 7.79. The maximum absolute atomic E-state index is 13.6. The molecule has 3 aromatic rings. The number of halogens is 3. The van der Waals surface area contributed by atoms with Gasteiger partial charge in [-0.25, -0.2) is 23.1 Å². The van der Waals surface area contributed by atoms with Gasteiger partial charge in [0.1, 0.15) is 5.52 Å². The van der Waals surface area contributed by atoms with Crippen molar-refractivity contribution in [2.24, 2.45) is 0 Å². The highest BCUT2D eigenvalue weighted by Crippen LogP contribution is 2.28. The van der Waals surface area contributed by atoms with Crippen molar-refractivity contribution in [2.75, 3.05) is 5.73 Å². The summed E-state index contributed by atoms with van der Waals surface area (Å²) in [5.74, 6) is -4.41. The van der Waals surface area contributed by atoms with Gasteiger partial charge in [-0.1, -0.05) is 0 Å². The molecule has 0 saturated carbocycles. The maximum atomic E-state index is 13.6. The van der Waals surface area contributed by atoms with Crippen molar-refractivity contribution >= 4 is 16.9 Å². The minimum absolute atomic E-state index is 0.133. The summed E-state index contributed by atoms with van der Waals surface area (Å²) in [5, 5.41) is 0. The molecule has 0 atom stereocenters. The Balaban J connectivity index is 2.22. The molecule has 19 heavy (non-hydrogen) atoms. The average Bonchev–Trinajstić information content (AvgIpc) is 2.78. The van der Waals surface area contributed by atoms with Crippen LogP contribution in [-0.4, -0.2) is 9.97 Å². The molecule has 0 bridgehead atoms. The highest BCUT2D eigenvalue weighted by Gasteiger charge is 2.19. The summed E-state index contributed by atoms with van der Waals surface area (Å²) in [6, 6.07) is 3.32. The Morgan fingerprint density at radius 2 is 1.89 bits per heavy atom. The Labute approximate surface area is 104 Å². The molecule has 7 heteroatoms. The van der Waals surface area contributed by atoms with Crippen molar-refractivity contribution in [3.63, 3.8) is 0 Å². The van der Waals surface area contributed by atoms with E-state index in [4.69, 9.17) is 10.2 Å². The summed E-state index contributed by atoms with van der Waals surface area (Å²) in [5.41, 5.74) is 6.03. The normalized spacial score (nSPS) is 11.1. The molecule has 96 valence electrons. The van der Waals surface area contributed by atoms with Gasteiger partial charge < -0.3 is 10.2 Å². The number of hydrogen-bond donors (Lipinski definition) is 1. The first-order valence-corrected chi connectivity index (χ1v) is 5.22. The Morgan fingerprint density at radius 3 is 2.68 bits per heavy atom. The van der Waals surface area contributed by atoms with E-state index in [1.807, 2.05) is 0 Å². The Hall–Kier alpha value is -2.57. The zero-order valence-electron chi connectivity index (χ0n) is 9.32. The average molecular weight is 265 g/mol. The third-order valence-corrected chi connectivity index (χ3v) is 2.53. The van der Waals surface area contributed by atoms with Crippen LogP contribution in [0.25, 0.3) is 22.7 Å². The van der Waals surface area contributed by atoms with Crippen LogP contribution in [0.3, 0.4) is 0 Å². The standard InChI is InChI=1S/C12H6F3N3O/c13-7-2-1-6(9(14)10(7)15)11-18-8-3-5(16)4-17-12(8)19-11/h1-4H,16H2. The van der Waals surface area contributed by atoms with E-state index < -0.39 is 17.5 Å². The molecule has 0 fully saturated rings. The molecule has 1 aromatic carbocycles. The lowest BCUT2D eigenvalue weighted by Gasteiger charge is -1.99. The van der Waals surface area contributed by atoms with Gasteiger partial charge in [0.25, 0.3) is 0 Å². The molecule has 2 N–H and O–H groups in total. The molecule has 0 radical (unpaired) electrons. The van der Waals surface area contributed by atoms with E-state index in [9.17, 15) is 13.2 Å². The Kier molecular flexibility index (Phi) is 2.41. The van der Waals surface area contributed by atoms with Crippen molar-refractivity contribution < 1.29 is 17.6 Å². The second kappa shape index (κ2) is 3.98. The van der Waals surface area contributed by atoms with Crippen LogP contribution in [0.2, 0.25) is 0 Å². The number of nitrogen functional groups attached to an aromatic ring is 1. The van der Waals surface area contributed by atoms with E-state index in [0.29, 0.717) is 11.2 Å². The van der Waals surface area contributed by atoms with E-state index in [0.717, 1.165) is 12.1 Å². The van der Waals surface area contributed by atoms with Crippen molar-refractivity contribution in [1.82, 2.24) is 9.97 Å². The van der Waals surface area contributed by atoms with Gasteiger partial charge in [-0.15, -0.1) is 0 Å². The molecule has 0 aliphatic heterocycles. The van der Waals surface area contributed by atoms with Gasteiger partial charge in [-0.2, -0.15) is 0 Å². The highest BCUT2D eigenvalue weighted by atomic mass is 19.2. The molecular formula is C12H6F3N3O. The lowest BCUT2D eigenvalue weighted by atomic mass is 10.2. The van der Waals surface area contributed by atoms with E-state index in [2.05, 4.69) is 9.97 Å². The molecule has 0 spiro atoms. The molecular weight excluding hydrogens is 259 g/mol. The van der Waals surface area contributed by atoms with Gasteiger partial charge in [-0.05, 0) is 18.2 Å². The molecule has 0 saturated heterocycles. The second-order valence-electron chi connectivity index (χ2n) is 3.83. The van der Waals surface area contributed by atoms with Crippen LogP contribution < -0.4 is 5.73 Å². The van der Waals surface area contributed by atoms with Crippen LogP contribution in [0.15, 0.2) is 28.8 Å². The fraction of sp³-hybridized carbons (Fsp3) is 0. The topological polar surface area (TPSA) is 64.9 Å². The minimum Gasteiger partial charge on any atom is -0.418 e. The molecule has 0 aliphatic carbocycles. The van der Waals surface area contributed by atoms with Gasteiger partial charge in [0.05, 0.1) is 17.4 Å². The third-order valence-electron chi connectivity index (χ3n) is 2.53. The number of fused-ring (bicyclic) bond motifs is 1. The lowest BCUT2D eigenvalue weighted by molar-refractivity contribution is 0.446. The van der Waals surface area contributed by atoms with Gasteiger partial charge in [0.2, 0.25) is 11.6 Å². The number of pyridine rings is 1. The summed E-state index contributed by atoms with van der Waals surface area (Å²) < 4.78 is 44.8. The number of nitrogens with two attached hydrogens (primary N) is 1. The van der Waals surface area contributed by atoms with Gasteiger partial charge in [-0.3, -0.25) is 0 Å². The van der Waals surface area contributed by atoms with Crippen molar-refractivity contribution in [1.29, 1.82) is 0 Å². The monoisotopic (exact) mass is 265 g/mol. The maximum Gasteiger partial charge on any atom is 0.247 e. The number of oxazole rings is 1. The molecule has 2 aromatic heterocycles. The molecule has 0 aliphatic rings. The number of hydrogen-bond acceptors (Lipinski definition) is 4. The summed E-state index contributed by atoms with van der Waals surface area (Å²) in [6.45, 7) is 0. The second-order valence-corrected chi connectivity index (χ2v) is 3.83. The Bertz CT molecular complexity index is 785. The van der Waals surface area contributed by atoms with Crippen molar-refractivity contribution in [3.05, 3.63) is 41.8 Å². The quantitative estimate of drug-likeness (QED) is 0.687. The minimum atomic E-state index is -1.58. The van der Waals surface area contributed by atoms with Crippen molar-refractivity contribution in [2.45, 2.75) is 0 Å². The van der Waals surface area contributed by atoms with E-state index in [-0.39, 0.29) is 17.2 Å². The van der Waals surface area contributed by atoms with Crippen LogP contribution in [0.1, 0.15) is 0 Å². The fourth-order valence-electron chi connectivity index (χ4n) is 1.64. The predicted molar refractivity (Wildman–Crippen MR) is 61.5 cm³/mol. The van der Waals surface area contributed by atoms with Gasteiger partial charge in [0, 0.05) is 0 Å². The van der Waals surface area contributed by atoms with Crippen LogP contribution in [0, 0.1) is 17.5 Å². The Morgan fingerprint density at radius 1 is 1.11 bits per heavy atom. The molecule has 4 nitrogen and oxygen atoms in total. The van der Waals surface area contributed by atoms with Crippen LogP contribution >= 0.6 is 0 Å². The predicted octanol–water partition coefficient (Wildman–Crippen LogP) is 2.89. The molecule has 0 amide bonds. The van der Waals surface area contributed by atoms with Crippen LogP contribution in [0.5, 0.6) is 0 Å². The zero-order valence-corrected chi connectivity index (χ0v) is 9.32. The lowest BCUT2D eigenvalue weighted by Crippen LogP contribution is -1.93. The molecule has 0 unspecified atom stereocenters. The fourth-order valence-corrected chi connectivity index (χ4v) is 1.64. The number of benzene rings is 1. The van der Waals surface area contributed by atoms with Crippen LogP contribution in [-0.2, 0) is 0 Å². The summed E-state index contributed by atoms with van der Waals surface area (Å²) in [7, 11) is 0. The van der Waals surface area contributed by atoms with E-state index >= 15 is 0 Å². The first kappa shape index (κ1) is 11.5. The zero-order chi connectivity index (χ0) is 13.6.